The van der Waals surface area contributed by atoms with Crippen LogP contribution in [0.25, 0.3) is 0 Å². The topological polar surface area (TPSA) is 69.7 Å². The number of hydrogen-bond donors (Lipinski definition) is 1. The summed E-state index contributed by atoms with van der Waals surface area (Å²) >= 11 is 0. The number of amides is 4. The van der Waals surface area contributed by atoms with Gasteiger partial charge in [-0.1, -0.05) is 43.3 Å². The third-order valence-corrected chi connectivity index (χ3v) is 5.43. The molecule has 0 aromatic heterocycles. The van der Waals surface area contributed by atoms with Crippen molar-refractivity contribution in [1.82, 2.24) is 15.1 Å². The van der Waals surface area contributed by atoms with Crippen molar-refractivity contribution >= 4 is 17.8 Å². The van der Waals surface area contributed by atoms with Gasteiger partial charge in [-0.25, -0.2) is 9.18 Å². The van der Waals surface area contributed by atoms with Gasteiger partial charge in [0.05, 0.1) is 0 Å². The second-order valence-corrected chi connectivity index (χ2v) is 7.26. The zero-order chi connectivity index (χ0) is 21.2. The fraction of sp³-hybridized carbons (Fsp3) is 0.318. The lowest BCUT2D eigenvalue weighted by Gasteiger charge is -2.26. The fourth-order valence-corrected chi connectivity index (χ4v) is 3.53. The van der Waals surface area contributed by atoms with Crippen molar-refractivity contribution in [3.05, 3.63) is 71.0 Å². The molecule has 0 saturated carbocycles. The van der Waals surface area contributed by atoms with Crippen molar-refractivity contribution in [2.24, 2.45) is 0 Å². The minimum Gasteiger partial charge on any atom is -0.340 e. The molecule has 29 heavy (non-hydrogen) atoms. The summed E-state index contributed by atoms with van der Waals surface area (Å²) in [4.78, 5) is 40.7. The maximum absolute atomic E-state index is 13.3. The van der Waals surface area contributed by atoms with Crippen LogP contribution in [0.5, 0.6) is 0 Å². The first kappa shape index (κ1) is 20.5. The highest BCUT2D eigenvalue weighted by molar-refractivity contribution is 6.09. The van der Waals surface area contributed by atoms with Crippen LogP contribution in [0.4, 0.5) is 9.18 Å². The minimum absolute atomic E-state index is 0.285. The average molecular weight is 397 g/mol. The molecule has 3 rings (SSSR count). The number of benzene rings is 2. The number of urea groups is 1. The summed E-state index contributed by atoms with van der Waals surface area (Å²) in [6.07, 6.45) is 0.285. The van der Waals surface area contributed by atoms with Crippen LogP contribution in [0, 0.1) is 12.7 Å². The van der Waals surface area contributed by atoms with Gasteiger partial charge in [-0.3, -0.25) is 14.5 Å². The van der Waals surface area contributed by atoms with E-state index in [1.165, 1.54) is 29.2 Å². The lowest BCUT2D eigenvalue weighted by atomic mass is 9.87. The summed E-state index contributed by atoms with van der Waals surface area (Å²) in [6, 6.07) is 12.5. The standard InChI is InChI=1S/C22H24FN3O3/c1-4-22(17-9-11-18(23)12-10-17)20(28)26(21(29)24-22)14-19(27)25(3)13-16-8-6-5-7-15(16)2/h5-12H,4,13-14H2,1-3H3,(H,24,29). The number of carbonyl (C=O) groups is 3. The Balaban J connectivity index is 1.76. The second kappa shape index (κ2) is 8.03. The molecule has 4 amide bonds. The van der Waals surface area contributed by atoms with Gasteiger partial charge in [-0.2, -0.15) is 0 Å². The minimum atomic E-state index is -1.29. The molecule has 1 atom stereocenters. The highest BCUT2D eigenvalue weighted by Gasteiger charge is 2.51. The van der Waals surface area contributed by atoms with Crippen LogP contribution in [0.2, 0.25) is 0 Å². The number of likely N-dealkylation sites (N-methyl/N-ethyl adjacent to an activating group) is 1. The number of hydrogen-bond acceptors (Lipinski definition) is 3. The molecule has 2 aromatic rings. The number of aryl methyl sites for hydroxylation is 1. The van der Waals surface area contributed by atoms with Crippen LogP contribution in [-0.2, 0) is 21.7 Å². The number of nitrogens with zero attached hydrogens (tertiary/aromatic N) is 2. The van der Waals surface area contributed by atoms with Gasteiger partial charge in [0.2, 0.25) is 5.91 Å². The summed E-state index contributed by atoms with van der Waals surface area (Å²) in [5.74, 6) is -1.28. The van der Waals surface area contributed by atoms with Gasteiger partial charge in [0.25, 0.3) is 5.91 Å². The van der Waals surface area contributed by atoms with Crippen LogP contribution in [0.3, 0.4) is 0 Å². The maximum Gasteiger partial charge on any atom is 0.325 e. The molecule has 1 saturated heterocycles. The molecule has 0 spiro atoms. The molecule has 0 radical (unpaired) electrons. The van der Waals surface area contributed by atoms with Gasteiger partial charge in [0.1, 0.15) is 17.9 Å². The molecule has 1 aliphatic heterocycles. The van der Waals surface area contributed by atoms with E-state index in [4.69, 9.17) is 0 Å². The smallest absolute Gasteiger partial charge is 0.325 e. The molecule has 2 aromatic carbocycles. The summed E-state index contributed by atoms with van der Waals surface area (Å²) in [7, 11) is 1.64. The molecule has 0 bridgehead atoms. The predicted molar refractivity (Wildman–Crippen MR) is 106 cm³/mol. The van der Waals surface area contributed by atoms with E-state index >= 15 is 0 Å². The van der Waals surface area contributed by atoms with E-state index in [-0.39, 0.29) is 18.9 Å². The Hall–Kier alpha value is -3.22. The van der Waals surface area contributed by atoms with Crippen LogP contribution < -0.4 is 5.32 Å². The highest BCUT2D eigenvalue weighted by Crippen LogP contribution is 2.32. The number of rotatable bonds is 6. The molecule has 1 N–H and O–H groups in total. The Bertz CT molecular complexity index is 945. The van der Waals surface area contributed by atoms with Crippen LogP contribution in [0.1, 0.15) is 30.0 Å². The largest absolute Gasteiger partial charge is 0.340 e. The van der Waals surface area contributed by atoms with Gasteiger partial charge >= 0.3 is 6.03 Å². The average Bonchev–Trinajstić information content (AvgIpc) is 2.95. The first-order valence-corrected chi connectivity index (χ1v) is 9.47. The third-order valence-electron chi connectivity index (χ3n) is 5.43. The van der Waals surface area contributed by atoms with E-state index in [9.17, 15) is 18.8 Å². The third kappa shape index (κ3) is 3.85. The fourth-order valence-electron chi connectivity index (χ4n) is 3.53. The van der Waals surface area contributed by atoms with E-state index in [0.717, 1.165) is 16.0 Å². The molecule has 1 aliphatic rings. The van der Waals surface area contributed by atoms with E-state index in [2.05, 4.69) is 5.32 Å². The van der Waals surface area contributed by atoms with Crippen molar-refractivity contribution < 1.29 is 18.8 Å². The van der Waals surface area contributed by atoms with Crippen LogP contribution >= 0.6 is 0 Å². The van der Waals surface area contributed by atoms with Gasteiger partial charge in [0, 0.05) is 13.6 Å². The van der Waals surface area contributed by atoms with Gasteiger partial charge in [-0.05, 0) is 42.2 Å². The Morgan fingerprint density at radius 1 is 1.14 bits per heavy atom. The maximum atomic E-state index is 13.3. The van der Waals surface area contributed by atoms with Crippen molar-refractivity contribution in [2.45, 2.75) is 32.4 Å². The number of carbonyl (C=O) groups excluding carboxylic acids is 3. The predicted octanol–water partition coefficient (Wildman–Crippen LogP) is 2.95. The monoisotopic (exact) mass is 397 g/mol. The lowest BCUT2D eigenvalue weighted by molar-refractivity contribution is -0.138. The molecule has 152 valence electrons. The molecular weight excluding hydrogens is 373 g/mol. The highest BCUT2D eigenvalue weighted by atomic mass is 19.1. The molecule has 7 heteroatoms. The Morgan fingerprint density at radius 3 is 2.41 bits per heavy atom. The molecular formula is C22H24FN3O3. The van der Waals surface area contributed by atoms with Crippen molar-refractivity contribution in [2.75, 3.05) is 13.6 Å². The molecule has 6 nitrogen and oxygen atoms in total. The van der Waals surface area contributed by atoms with E-state index in [1.54, 1.807) is 14.0 Å². The van der Waals surface area contributed by atoms with Gasteiger partial charge < -0.3 is 10.2 Å². The number of imide groups is 1. The van der Waals surface area contributed by atoms with Gasteiger partial charge in [0.15, 0.2) is 0 Å². The normalized spacial score (nSPS) is 18.7. The van der Waals surface area contributed by atoms with Crippen molar-refractivity contribution in [3.63, 3.8) is 0 Å². The number of halogens is 1. The van der Waals surface area contributed by atoms with E-state index in [0.29, 0.717) is 12.1 Å². The zero-order valence-electron chi connectivity index (χ0n) is 16.7. The first-order chi connectivity index (χ1) is 13.8. The van der Waals surface area contributed by atoms with Crippen LogP contribution in [-0.4, -0.2) is 41.2 Å². The zero-order valence-corrected chi connectivity index (χ0v) is 16.7. The van der Waals surface area contributed by atoms with Gasteiger partial charge in [-0.15, -0.1) is 0 Å². The summed E-state index contributed by atoms with van der Waals surface area (Å²) in [5.41, 5.74) is 1.25. The van der Waals surface area contributed by atoms with Crippen molar-refractivity contribution in [3.8, 4) is 0 Å². The van der Waals surface area contributed by atoms with E-state index in [1.807, 2.05) is 31.2 Å². The lowest BCUT2D eigenvalue weighted by Crippen LogP contribution is -2.45. The Kier molecular flexibility index (Phi) is 5.68. The van der Waals surface area contributed by atoms with E-state index < -0.39 is 23.3 Å². The molecule has 1 heterocycles. The summed E-state index contributed by atoms with van der Waals surface area (Å²) in [5, 5.41) is 2.70. The second-order valence-electron chi connectivity index (χ2n) is 7.26. The SMILES string of the molecule is CCC1(c2ccc(F)cc2)NC(=O)N(CC(=O)N(C)Cc2ccccc2C)C1=O. The molecule has 1 unspecified atom stereocenters. The molecule has 0 aliphatic carbocycles. The summed E-state index contributed by atoms with van der Waals surface area (Å²) < 4.78 is 13.3. The summed E-state index contributed by atoms with van der Waals surface area (Å²) in [6.45, 7) is 3.75. The van der Waals surface area contributed by atoms with Crippen LogP contribution in [0.15, 0.2) is 48.5 Å². The first-order valence-electron chi connectivity index (χ1n) is 9.47. The Labute approximate surface area is 169 Å². The van der Waals surface area contributed by atoms with Crippen molar-refractivity contribution in [1.29, 1.82) is 0 Å². The number of nitrogens with one attached hydrogen (secondary N) is 1. The molecule has 1 fully saturated rings. The Morgan fingerprint density at radius 2 is 1.79 bits per heavy atom. The quantitative estimate of drug-likeness (QED) is 0.762.